The zero-order valence-electron chi connectivity index (χ0n) is 24.4. The quantitative estimate of drug-likeness (QED) is 0.204. The fourth-order valence-electron chi connectivity index (χ4n) is 5.33. The molecule has 0 saturated carbocycles. The van der Waals surface area contributed by atoms with Crippen LogP contribution < -0.4 is 20.3 Å². The molecule has 10 heteroatoms. The molecule has 2 aromatic heterocycles. The molecule has 3 N–H and O–H groups in total. The molecule has 3 heterocycles. The average molecular weight is 604 g/mol. The Kier molecular flexibility index (Phi) is 7.92. The minimum Gasteiger partial charge on any atom is -0.506 e. The smallest absolute Gasteiger partial charge is 0.229 e. The fraction of sp³-hybridized carbons (Fsp3) is 0.281. The Balaban J connectivity index is 1.64. The number of ether oxygens (including phenoxy) is 1. The molecule has 2 aromatic carbocycles. The van der Waals surface area contributed by atoms with Gasteiger partial charge in [-0.15, -0.1) is 0 Å². The van der Waals surface area contributed by atoms with Crippen LogP contribution in [0.1, 0.15) is 55.5 Å². The number of halogens is 1. The van der Waals surface area contributed by atoms with Gasteiger partial charge in [-0.3, -0.25) is 9.78 Å². The second kappa shape index (κ2) is 11.3. The number of aromatic hydroxyl groups is 1. The largest absolute Gasteiger partial charge is 0.506 e. The van der Waals surface area contributed by atoms with Crippen molar-refractivity contribution in [3.63, 3.8) is 0 Å². The van der Waals surface area contributed by atoms with E-state index >= 15 is 0 Å². The number of aromatic nitrogens is 2. The highest BCUT2D eigenvalue weighted by Crippen LogP contribution is 2.45. The molecule has 0 unspecified atom stereocenters. The number of aryl methyl sites for hydroxylation is 1. The zero-order valence-corrected chi connectivity index (χ0v) is 26.0. The summed E-state index contributed by atoms with van der Waals surface area (Å²) in [6.45, 7) is 9.59. The van der Waals surface area contributed by atoms with Crippen LogP contribution in [0.4, 0.5) is 11.4 Å². The van der Waals surface area contributed by atoms with Gasteiger partial charge in [-0.2, -0.15) is 0 Å². The first-order chi connectivity index (χ1) is 19.9. The van der Waals surface area contributed by atoms with Crippen LogP contribution in [0.15, 0.2) is 66.9 Å². The normalized spacial score (nSPS) is 16.8. The van der Waals surface area contributed by atoms with Gasteiger partial charge in [-0.25, -0.2) is 0 Å². The highest BCUT2D eigenvalue weighted by atomic mass is 35.5. The molecule has 1 aliphatic heterocycles. The molecule has 4 aromatic rings. The standard InChI is InChI=1S/C32H34ClN5O3S/c1-18-15-22(19(2)37(18)25-16-20(33)10-13-26(25)39)29-28(24-9-7-8-14-34-24)36-31(42)38(29)21-11-12-23(27(17-21)41-6)35-30(40)32(3,4)5/h7-17,28-29,39H,1-6H3,(H,35,40)(H,36,42)/t28-,29-/m0/s1. The summed E-state index contributed by atoms with van der Waals surface area (Å²) in [6.07, 6.45) is 1.77. The van der Waals surface area contributed by atoms with E-state index < -0.39 is 5.41 Å². The van der Waals surface area contributed by atoms with Crippen LogP contribution in [0.25, 0.3) is 5.69 Å². The second-order valence-corrected chi connectivity index (χ2v) is 12.2. The van der Waals surface area contributed by atoms with Gasteiger partial charge in [0.25, 0.3) is 0 Å². The number of hydrogen-bond donors (Lipinski definition) is 3. The number of methoxy groups -OCH3 is 1. The van der Waals surface area contributed by atoms with Crippen molar-refractivity contribution in [1.29, 1.82) is 0 Å². The third kappa shape index (κ3) is 5.42. The van der Waals surface area contributed by atoms with E-state index in [2.05, 4.69) is 26.6 Å². The first-order valence-electron chi connectivity index (χ1n) is 13.6. The van der Waals surface area contributed by atoms with Crippen molar-refractivity contribution in [3.8, 4) is 17.2 Å². The lowest BCUT2D eigenvalue weighted by Crippen LogP contribution is -2.30. The molecule has 0 aliphatic carbocycles. The van der Waals surface area contributed by atoms with Crippen LogP contribution >= 0.6 is 23.8 Å². The van der Waals surface area contributed by atoms with E-state index in [1.165, 1.54) is 0 Å². The number of nitrogens with zero attached hydrogens (tertiary/aromatic N) is 3. The molecular weight excluding hydrogens is 570 g/mol. The fourth-order valence-corrected chi connectivity index (χ4v) is 5.84. The number of benzene rings is 2. The van der Waals surface area contributed by atoms with Gasteiger partial charge >= 0.3 is 0 Å². The highest BCUT2D eigenvalue weighted by Gasteiger charge is 2.42. The Morgan fingerprint density at radius 1 is 1.12 bits per heavy atom. The number of phenolic OH excluding ortho intramolecular Hbond substituents is 1. The highest BCUT2D eigenvalue weighted by molar-refractivity contribution is 7.80. The SMILES string of the molecule is COc1cc(N2C(=S)N[C@@H](c3ccccn3)[C@@H]2c2cc(C)n(-c3cc(Cl)ccc3O)c2C)ccc1NC(=O)C(C)(C)C. The summed E-state index contributed by atoms with van der Waals surface area (Å²) in [4.78, 5) is 19.4. The van der Waals surface area contributed by atoms with Crippen molar-refractivity contribution in [2.45, 2.75) is 46.7 Å². The summed E-state index contributed by atoms with van der Waals surface area (Å²) >= 11 is 12.3. The molecule has 1 fully saturated rings. The van der Waals surface area contributed by atoms with Gasteiger partial charge in [0.05, 0.1) is 36.3 Å². The van der Waals surface area contributed by atoms with Gasteiger partial charge in [0.15, 0.2) is 5.11 Å². The minimum absolute atomic E-state index is 0.114. The van der Waals surface area contributed by atoms with E-state index in [0.29, 0.717) is 27.3 Å². The summed E-state index contributed by atoms with van der Waals surface area (Å²) in [7, 11) is 1.58. The number of thiocarbonyl (C=S) groups is 1. The maximum atomic E-state index is 12.7. The Bertz CT molecular complexity index is 1660. The summed E-state index contributed by atoms with van der Waals surface area (Å²) in [5.74, 6) is 0.530. The lowest BCUT2D eigenvalue weighted by Gasteiger charge is -2.29. The third-order valence-corrected chi connectivity index (χ3v) is 8.01. The van der Waals surface area contributed by atoms with Gasteiger partial charge < -0.3 is 29.9 Å². The molecule has 0 bridgehead atoms. The van der Waals surface area contributed by atoms with Crippen molar-refractivity contribution >= 4 is 46.2 Å². The van der Waals surface area contributed by atoms with E-state index in [1.54, 1.807) is 31.5 Å². The van der Waals surface area contributed by atoms with Crippen molar-refractivity contribution < 1.29 is 14.6 Å². The van der Waals surface area contributed by atoms with E-state index in [4.69, 9.17) is 28.6 Å². The van der Waals surface area contributed by atoms with Crippen molar-refractivity contribution in [2.75, 3.05) is 17.3 Å². The summed E-state index contributed by atoms with van der Waals surface area (Å²) in [5.41, 5.74) is 5.08. The second-order valence-electron chi connectivity index (χ2n) is 11.4. The first kappa shape index (κ1) is 29.4. The first-order valence-corrected chi connectivity index (χ1v) is 14.4. The van der Waals surface area contributed by atoms with Crippen LogP contribution in [-0.2, 0) is 4.79 Å². The summed E-state index contributed by atoms with van der Waals surface area (Å²) < 4.78 is 7.71. The van der Waals surface area contributed by atoms with Crippen LogP contribution in [-0.4, -0.2) is 32.8 Å². The number of pyridine rings is 1. The number of rotatable bonds is 6. The van der Waals surface area contributed by atoms with E-state index in [9.17, 15) is 9.90 Å². The monoisotopic (exact) mass is 603 g/mol. The molecule has 1 aliphatic rings. The minimum atomic E-state index is -0.564. The van der Waals surface area contributed by atoms with Gasteiger partial charge in [0.2, 0.25) is 5.91 Å². The predicted molar refractivity (Wildman–Crippen MR) is 171 cm³/mol. The van der Waals surface area contributed by atoms with E-state index in [-0.39, 0.29) is 23.7 Å². The maximum absolute atomic E-state index is 12.7. The number of carbonyl (C=O) groups is 1. The molecule has 42 heavy (non-hydrogen) atoms. The Morgan fingerprint density at radius 3 is 2.55 bits per heavy atom. The van der Waals surface area contributed by atoms with Crippen molar-refractivity contribution in [3.05, 3.63) is 94.5 Å². The van der Waals surface area contributed by atoms with Crippen LogP contribution in [0.3, 0.4) is 0 Å². The van der Waals surface area contributed by atoms with Crippen molar-refractivity contribution in [1.82, 2.24) is 14.9 Å². The van der Waals surface area contributed by atoms with Crippen LogP contribution in [0.5, 0.6) is 11.5 Å². The molecule has 218 valence electrons. The van der Waals surface area contributed by atoms with Gasteiger partial charge in [-0.05, 0) is 80.2 Å². The number of phenols is 1. The summed E-state index contributed by atoms with van der Waals surface area (Å²) in [5, 5.41) is 18.3. The number of nitrogens with one attached hydrogen (secondary N) is 2. The van der Waals surface area contributed by atoms with E-state index in [0.717, 1.165) is 28.3 Å². The maximum Gasteiger partial charge on any atom is 0.229 e. The molecule has 1 amide bonds. The number of carbonyl (C=O) groups excluding carboxylic acids is 1. The molecule has 8 nitrogen and oxygen atoms in total. The molecule has 0 radical (unpaired) electrons. The van der Waals surface area contributed by atoms with Crippen LogP contribution in [0, 0.1) is 19.3 Å². The van der Waals surface area contributed by atoms with Gasteiger partial charge in [0, 0.05) is 39.8 Å². The van der Waals surface area contributed by atoms with Crippen molar-refractivity contribution in [2.24, 2.45) is 5.41 Å². The van der Waals surface area contributed by atoms with Gasteiger partial charge in [0.1, 0.15) is 11.5 Å². The third-order valence-electron chi connectivity index (χ3n) is 7.46. The lowest BCUT2D eigenvalue weighted by atomic mass is 9.95. The molecule has 0 spiro atoms. The summed E-state index contributed by atoms with van der Waals surface area (Å²) in [6, 6.07) is 18.0. The topological polar surface area (TPSA) is 91.7 Å². The number of amides is 1. The molecule has 2 atom stereocenters. The van der Waals surface area contributed by atoms with Crippen LogP contribution in [0.2, 0.25) is 5.02 Å². The molecule has 5 rings (SSSR count). The number of anilines is 2. The molecular formula is C32H34ClN5O3S. The lowest BCUT2D eigenvalue weighted by molar-refractivity contribution is -0.123. The average Bonchev–Trinajstić information content (AvgIpc) is 3.44. The number of hydrogen-bond acceptors (Lipinski definition) is 5. The van der Waals surface area contributed by atoms with Gasteiger partial charge in [-0.1, -0.05) is 38.4 Å². The Labute approximate surface area is 256 Å². The zero-order chi connectivity index (χ0) is 30.3. The Morgan fingerprint density at radius 2 is 1.88 bits per heavy atom. The predicted octanol–water partition coefficient (Wildman–Crippen LogP) is 7.02. The molecule has 1 saturated heterocycles. The Hall–Kier alpha value is -4.08. The van der Waals surface area contributed by atoms with E-state index in [1.807, 2.05) is 75.6 Å².